The normalized spacial score (nSPS) is 12.4. The van der Waals surface area contributed by atoms with E-state index in [2.05, 4.69) is 53.6 Å². The van der Waals surface area contributed by atoms with Gasteiger partial charge in [0.25, 0.3) is 0 Å². The standard InChI is InChI=1S/C40H30ClNO/c41-36-26-27-38(37(30-36)39(43,32-18-8-2-9-19-32)29-28-31-16-6-1-7-17-31)42-40(33-20-10-3-11-21-33,34-22-12-4-13-23-34)35-24-14-5-15-25-35/h1-27,30,42-43H. The van der Waals surface area contributed by atoms with Crippen LogP contribution < -0.4 is 5.32 Å². The molecule has 3 heteroatoms. The molecule has 0 aliphatic carbocycles. The topological polar surface area (TPSA) is 32.3 Å². The van der Waals surface area contributed by atoms with Crippen LogP contribution in [-0.4, -0.2) is 5.11 Å². The molecule has 0 radical (unpaired) electrons. The molecule has 0 amide bonds. The van der Waals surface area contributed by atoms with Gasteiger partial charge in [-0.3, -0.25) is 0 Å². The minimum absolute atomic E-state index is 0.501. The lowest BCUT2D eigenvalue weighted by Gasteiger charge is -2.39. The van der Waals surface area contributed by atoms with Crippen LogP contribution >= 0.6 is 11.6 Å². The SMILES string of the molecule is OC(C#Cc1ccccc1)(c1ccccc1)c1cc(Cl)ccc1NC(c1ccccc1)(c1ccccc1)c1ccccc1. The molecule has 6 aromatic carbocycles. The van der Waals surface area contributed by atoms with Gasteiger partial charge in [0.05, 0.1) is 0 Å². The summed E-state index contributed by atoms with van der Waals surface area (Å²) < 4.78 is 0. The van der Waals surface area contributed by atoms with Crippen LogP contribution in [0.2, 0.25) is 5.02 Å². The van der Waals surface area contributed by atoms with E-state index in [0.29, 0.717) is 21.8 Å². The second-order valence-electron chi connectivity index (χ2n) is 10.4. The molecule has 208 valence electrons. The van der Waals surface area contributed by atoms with Gasteiger partial charge in [-0.1, -0.05) is 163 Å². The third-order valence-corrected chi connectivity index (χ3v) is 7.90. The Hall–Kier alpha value is -5.07. The summed E-state index contributed by atoms with van der Waals surface area (Å²) >= 11 is 6.66. The molecule has 0 spiro atoms. The average molecular weight is 576 g/mol. The molecule has 1 atom stereocenters. The molecule has 0 saturated carbocycles. The fraction of sp³-hybridized carbons (Fsp3) is 0.0500. The van der Waals surface area contributed by atoms with Crippen LogP contribution in [0.25, 0.3) is 0 Å². The number of hydrogen-bond donors (Lipinski definition) is 2. The molecule has 0 heterocycles. The van der Waals surface area contributed by atoms with Crippen molar-refractivity contribution in [3.8, 4) is 11.8 Å². The molecule has 6 aromatic rings. The molecule has 1 unspecified atom stereocenters. The number of anilines is 1. The number of benzene rings is 6. The molecule has 0 aliphatic heterocycles. The lowest BCUT2D eigenvalue weighted by atomic mass is 9.76. The molecule has 0 bridgehead atoms. The highest BCUT2D eigenvalue weighted by molar-refractivity contribution is 6.30. The van der Waals surface area contributed by atoms with Crippen molar-refractivity contribution >= 4 is 17.3 Å². The molecular formula is C40H30ClNO. The highest BCUT2D eigenvalue weighted by Crippen LogP contribution is 2.44. The second kappa shape index (κ2) is 12.4. The van der Waals surface area contributed by atoms with E-state index in [1.807, 2.05) is 133 Å². The Morgan fingerprint density at radius 1 is 0.512 bits per heavy atom. The summed E-state index contributed by atoms with van der Waals surface area (Å²) in [6.45, 7) is 0. The molecule has 43 heavy (non-hydrogen) atoms. The maximum atomic E-state index is 12.7. The van der Waals surface area contributed by atoms with Crippen LogP contribution in [0.5, 0.6) is 0 Å². The maximum Gasteiger partial charge on any atom is 0.179 e. The van der Waals surface area contributed by atoms with Crippen molar-refractivity contribution in [3.05, 3.63) is 208 Å². The minimum Gasteiger partial charge on any atom is -0.369 e. The second-order valence-corrected chi connectivity index (χ2v) is 10.8. The van der Waals surface area contributed by atoms with Gasteiger partial charge in [0.1, 0.15) is 5.54 Å². The van der Waals surface area contributed by atoms with Crippen LogP contribution in [-0.2, 0) is 11.1 Å². The van der Waals surface area contributed by atoms with E-state index in [-0.39, 0.29) is 0 Å². The molecule has 0 saturated heterocycles. The quantitative estimate of drug-likeness (QED) is 0.147. The summed E-state index contributed by atoms with van der Waals surface area (Å²) in [6, 6.07) is 55.9. The van der Waals surface area contributed by atoms with E-state index in [1.165, 1.54) is 0 Å². The third kappa shape index (κ3) is 5.70. The first kappa shape index (κ1) is 28.1. The average Bonchev–Trinajstić information content (AvgIpc) is 3.09. The summed E-state index contributed by atoms with van der Waals surface area (Å²) in [5.41, 5.74) is 3.37. The van der Waals surface area contributed by atoms with Gasteiger partial charge in [-0.2, -0.15) is 0 Å². The molecule has 6 rings (SSSR count). The van der Waals surface area contributed by atoms with Crippen LogP contribution in [0, 0.1) is 11.8 Å². The van der Waals surface area contributed by atoms with E-state index >= 15 is 0 Å². The monoisotopic (exact) mass is 575 g/mol. The van der Waals surface area contributed by atoms with Crippen molar-refractivity contribution in [2.24, 2.45) is 0 Å². The van der Waals surface area contributed by atoms with Crippen molar-refractivity contribution in [2.45, 2.75) is 11.1 Å². The summed E-state index contributed by atoms with van der Waals surface area (Å²) in [4.78, 5) is 0. The highest BCUT2D eigenvalue weighted by Gasteiger charge is 2.39. The van der Waals surface area contributed by atoms with E-state index in [4.69, 9.17) is 11.6 Å². The van der Waals surface area contributed by atoms with Gasteiger partial charge >= 0.3 is 0 Å². The molecule has 2 N–H and O–H groups in total. The Kier molecular flexibility index (Phi) is 8.11. The van der Waals surface area contributed by atoms with Crippen LogP contribution in [0.15, 0.2) is 170 Å². The van der Waals surface area contributed by atoms with E-state index < -0.39 is 11.1 Å². The van der Waals surface area contributed by atoms with Crippen molar-refractivity contribution in [3.63, 3.8) is 0 Å². The smallest absolute Gasteiger partial charge is 0.179 e. The van der Waals surface area contributed by atoms with E-state index in [0.717, 1.165) is 22.3 Å². The first-order valence-corrected chi connectivity index (χ1v) is 14.6. The van der Waals surface area contributed by atoms with Crippen molar-refractivity contribution in [2.75, 3.05) is 5.32 Å². The van der Waals surface area contributed by atoms with Gasteiger partial charge < -0.3 is 10.4 Å². The van der Waals surface area contributed by atoms with E-state index in [1.54, 1.807) is 0 Å². The summed E-state index contributed by atoms with van der Waals surface area (Å²) in [5, 5.41) is 17.1. The number of rotatable bonds is 7. The van der Waals surface area contributed by atoms with E-state index in [9.17, 15) is 5.11 Å². The Labute approximate surface area is 258 Å². The minimum atomic E-state index is -1.68. The summed E-state index contributed by atoms with van der Waals surface area (Å²) in [6.07, 6.45) is 0. The molecule has 2 nitrogen and oxygen atoms in total. The summed E-state index contributed by atoms with van der Waals surface area (Å²) in [5.74, 6) is 6.44. The maximum absolute atomic E-state index is 12.7. The van der Waals surface area contributed by atoms with Crippen molar-refractivity contribution in [1.29, 1.82) is 0 Å². The third-order valence-electron chi connectivity index (χ3n) is 7.67. The Balaban J connectivity index is 1.62. The zero-order chi connectivity index (χ0) is 29.5. The van der Waals surface area contributed by atoms with Gasteiger partial charge in [-0.25, -0.2) is 0 Å². The van der Waals surface area contributed by atoms with Gasteiger partial charge in [0.15, 0.2) is 5.60 Å². The fourth-order valence-corrected chi connectivity index (χ4v) is 5.74. The van der Waals surface area contributed by atoms with Crippen LogP contribution in [0.3, 0.4) is 0 Å². The lowest BCUT2D eigenvalue weighted by molar-refractivity contribution is 0.146. The number of nitrogens with one attached hydrogen (secondary N) is 1. The van der Waals surface area contributed by atoms with Crippen LogP contribution in [0.4, 0.5) is 5.69 Å². The van der Waals surface area contributed by atoms with Gasteiger partial charge in [0, 0.05) is 27.4 Å². The molecule has 0 aromatic heterocycles. The molecular weight excluding hydrogens is 546 g/mol. The number of hydrogen-bond acceptors (Lipinski definition) is 2. The predicted octanol–water partition coefficient (Wildman–Crippen LogP) is 9.03. The number of halogens is 1. The summed E-state index contributed by atoms with van der Waals surface area (Å²) in [7, 11) is 0. The zero-order valence-electron chi connectivity index (χ0n) is 23.5. The Morgan fingerprint density at radius 2 is 0.930 bits per heavy atom. The molecule has 0 fully saturated rings. The predicted molar refractivity (Wildman–Crippen MR) is 177 cm³/mol. The van der Waals surface area contributed by atoms with Gasteiger partial charge in [0.2, 0.25) is 0 Å². The number of aliphatic hydroxyl groups is 1. The van der Waals surface area contributed by atoms with Crippen molar-refractivity contribution in [1.82, 2.24) is 0 Å². The Bertz CT molecular complexity index is 1750. The largest absolute Gasteiger partial charge is 0.369 e. The van der Waals surface area contributed by atoms with Crippen LogP contribution in [0.1, 0.15) is 33.4 Å². The first-order chi connectivity index (χ1) is 21.1. The fourth-order valence-electron chi connectivity index (χ4n) is 5.57. The zero-order valence-corrected chi connectivity index (χ0v) is 24.2. The van der Waals surface area contributed by atoms with Crippen molar-refractivity contribution < 1.29 is 5.11 Å². The lowest BCUT2D eigenvalue weighted by Crippen LogP contribution is -2.39. The highest BCUT2D eigenvalue weighted by atomic mass is 35.5. The first-order valence-electron chi connectivity index (χ1n) is 14.2. The Morgan fingerprint density at radius 3 is 1.40 bits per heavy atom. The van der Waals surface area contributed by atoms with Gasteiger partial charge in [-0.05, 0) is 47.0 Å². The molecule has 0 aliphatic rings. The van der Waals surface area contributed by atoms with Gasteiger partial charge in [-0.15, -0.1) is 0 Å².